The van der Waals surface area contributed by atoms with Gasteiger partial charge in [-0.2, -0.15) is 0 Å². The van der Waals surface area contributed by atoms with Crippen molar-refractivity contribution in [1.29, 1.82) is 5.41 Å². The molecule has 0 unspecified atom stereocenters. The second-order valence-corrected chi connectivity index (χ2v) is 1.32. The number of hydrogen-bond acceptors (Lipinski definition) is 3. The molecule has 0 heterocycles. The lowest BCUT2D eigenvalue weighted by Crippen LogP contribution is -1.79. The van der Waals surface area contributed by atoms with Crippen LogP contribution in [0.4, 0.5) is 0 Å². The van der Waals surface area contributed by atoms with E-state index in [9.17, 15) is 4.79 Å². The zero-order valence-corrected chi connectivity index (χ0v) is 4.55. The molecule has 8 heavy (non-hydrogen) atoms. The van der Waals surface area contributed by atoms with E-state index in [0.29, 0.717) is 13.0 Å². The van der Waals surface area contributed by atoms with Gasteiger partial charge in [-0.25, -0.2) is 9.79 Å². The number of hydrogen-bond donors (Lipinski definition) is 1. The molecule has 44 valence electrons. The fraction of sp³-hybridized carbons (Fsp3) is 0.600. The lowest BCUT2D eigenvalue weighted by molar-refractivity contribution is 0.562. The van der Waals surface area contributed by atoms with E-state index in [-0.39, 0.29) is 0 Å². The van der Waals surface area contributed by atoms with Crippen LogP contribution in [0.15, 0.2) is 4.99 Å². The summed E-state index contributed by atoms with van der Waals surface area (Å²) >= 11 is 0. The van der Waals surface area contributed by atoms with Crippen molar-refractivity contribution in [2.24, 2.45) is 4.99 Å². The maximum atomic E-state index is 9.42. The van der Waals surface area contributed by atoms with Gasteiger partial charge in [0.25, 0.3) is 0 Å². The average Bonchev–Trinajstić information content (AvgIpc) is 1.81. The second-order valence-electron chi connectivity index (χ2n) is 1.32. The van der Waals surface area contributed by atoms with Crippen LogP contribution in [-0.2, 0) is 4.79 Å². The summed E-state index contributed by atoms with van der Waals surface area (Å²) in [4.78, 5) is 12.7. The molecule has 0 radical (unpaired) electrons. The fourth-order valence-electron chi connectivity index (χ4n) is 0.318. The first-order valence-corrected chi connectivity index (χ1v) is 2.44. The standard InChI is InChI=1S/C5H8N2O/c6-3-1-2-4-7-5-8/h3,6H,1-2,4H2. The molecular weight excluding hydrogens is 104 g/mol. The predicted molar refractivity (Wildman–Crippen MR) is 31.0 cm³/mol. The highest BCUT2D eigenvalue weighted by atomic mass is 16.1. The molecule has 3 nitrogen and oxygen atoms in total. The predicted octanol–water partition coefficient (Wildman–Crippen LogP) is 0.752. The van der Waals surface area contributed by atoms with Gasteiger partial charge in [-0.15, -0.1) is 0 Å². The molecule has 0 aromatic heterocycles. The Morgan fingerprint density at radius 2 is 2.50 bits per heavy atom. The van der Waals surface area contributed by atoms with Crippen molar-refractivity contribution in [3.8, 4) is 0 Å². The van der Waals surface area contributed by atoms with Crippen molar-refractivity contribution in [2.75, 3.05) is 6.54 Å². The van der Waals surface area contributed by atoms with Gasteiger partial charge in [-0.1, -0.05) is 0 Å². The zero-order chi connectivity index (χ0) is 6.24. The summed E-state index contributed by atoms with van der Waals surface area (Å²) in [6.45, 7) is 0.499. The van der Waals surface area contributed by atoms with Gasteiger partial charge in [-0.05, 0) is 19.1 Å². The summed E-state index contributed by atoms with van der Waals surface area (Å²) in [5, 5.41) is 6.57. The van der Waals surface area contributed by atoms with Crippen molar-refractivity contribution >= 4 is 12.3 Å². The third kappa shape index (κ3) is 5.05. The first-order valence-electron chi connectivity index (χ1n) is 2.44. The lowest BCUT2D eigenvalue weighted by atomic mass is 10.3. The summed E-state index contributed by atoms with van der Waals surface area (Å²) in [6, 6.07) is 0. The summed E-state index contributed by atoms with van der Waals surface area (Å²) in [5.41, 5.74) is 0. The summed E-state index contributed by atoms with van der Waals surface area (Å²) < 4.78 is 0. The summed E-state index contributed by atoms with van der Waals surface area (Å²) in [7, 11) is 0. The summed E-state index contributed by atoms with van der Waals surface area (Å²) in [5.74, 6) is 0. The average molecular weight is 112 g/mol. The van der Waals surface area contributed by atoms with Crippen LogP contribution < -0.4 is 0 Å². The molecule has 0 spiro atoms. The van der Waals surface area contributed by atoms with Crippen LogP contribution >= 0.6 is 0 Å². The SMILES string of the molecule is N=CCCCN=C=O. The van der Waals surface area contributed by atoms with Crippen LogP contribution in [-0.4, -0.2) is 18.8 Å². The first-order chi connectivity index (χ1) is 3.91. The molecule has 0 amide bonds. The fourth-order valence-corrected chi connectivity index (χ4v) is 0.318. The normalized spacial score (nSPS) is 7.50. The van der Waals surface area contributed by atoms with Gasteiger partial charge in [0.05, 0.1) is 6.54 Å². The second kappa shape index (κ2) is 6.05. The van der Waals surface area contributed by atoms with Gasteiger partial charge in [-0.3, -0.25) is 0 Å². The molecule has 0 bridgehead atoms. The van der Waals surface area contributed by atoms with Gasteiger partial charge < -0.3 is 5.41 Å². The molecule has 0 aromatic rings. The van der Waals surface area contributed by atoms with Crippen LogP contribution in [0.1, 0.15) is 12.8 Å². The molecule has 0 rings (SSSR count). The van der Waals surface area contributed by atoms with Crippen molar-refractivity contribution in [2.45, 2.75) is 12.8 Å². The number of nitrogens with one attached hydrogen (secondary N) is 1. The van der Waals surface area contributed by atoms with E-state index in [1.165, 1.54) is 12.3 Å². The smallest absolute Gasteiger partial charge is 0.234 e. The molecule has 0 aliphatic heterocycles. The van der Waals surface area contributed by atoms with E-state index in [2.05, 4.69) is 4.99 Å². The number of isocyanates is 1. The molecule has 0 fully saturated rings. The monoisotopic (exact) mass is 112 g/mol. The van der Waals surface area contributed by atoms with Crippen molar-refractivity contribution in [3.05, 3.63) is 0 Å². The third-order valence-electron chi connectivity index (χ3n) is 0.683. The first kappa shape index (κ1) is 7.05. The van der Waals surface area contributed by atoms with Crippen LogP contribution in [0.3, 0.4) is 0 Å². The Bertz CT molecular complexity index is 105. The number of aliphatic imine (C=N–C) groups is 1. The Morgan fingerprint density at radius 3 is 3.00 bits per heavy atom. The number of unbranched alkanes of at least 4 members (excludes halogenated alkanes) is 1. The minimum absolute atomic E-state index is 0.499. The van der Waals surface area contributed by atoms with Crippen LogP contribution in [0.5, 0.6) is 0 Å². The molecule has 0 aromatic carbocycles. The summed E-state index contributed by atoms with van der Waals surface area (Å²) in [6.07, 6.45) is 4.21. The maximum absolute atomic E-state index is 9.42. The van der Waals surface area contributed by atoms with Crippen LogP contribution in [0, 0.1) is 5.41 Å². The lowest BCUT2D eigenvalue weighted by Gasteiger charge is -1.82. The molecular formula is C5H8N2O. The molecule has 0 aliphatic rings. The van der Waals surface area contributed by atoms with E-state index in [4.69, 9.17) is 5.41 Å². The van der Waals surface area contributed by atoms with Gasteiger partial charge >= 0.3 is 0 Å². The highest BCUT2D eigenvalue weighted by Crippen LogP contribution is 1.82. The van der Waals surface area contributed by atoms with Crippen LogP contribution in [0.2, 0.25) is 0 Å². The third-order valence-corrected chi connectivity index (χ3v) is 0.683. The van der Waals surface area contributed by atoms with Gasteiger partial charge in [0, 0.05) is 0 Å². The van der Waals surface area contributed by atoms with E-state index in [0.717, 1.165) is 6.42 Å². The zero-order valence-electron chi connectivity index (χ0n) is 4.55. The number of carbonyl (C=O) groups excluding carboxylic acids is 1. The van der Waals surface area contributed by atoms with E-state index in [1.807, 2.05) is 0 Å². The minimum atomic E-state index is 0.499. The largest absolute Gasteiger partial charge is 0.313 e. The Morgan fingerprint density at radius 1 is 1.75 bits per heavy atom. The van der Waals surface area contributed by atoms with Crippen molar-refractivity contribution in [3.63, 3.8) is 0 Å². The van der Waals surface area contributed by atoms with E-state index in [1.54, 1.807) is 0 Å². The van der Waals surface area contributed by atoms with Gasteiger partial charge in [0.15, 0.2) is 0 Å². The Hall–Kier alpha value is -0.950. The Kier molecular flexibility index (Phi) is 5.33. The van der Waals surface area contributed by atoms with E-state index >= 15 is 0 Å². The maximum Gasteiger partial charge on any atom is 0.234 e. The highest BCUT2D eigenvalue weighted by Gasteiger charge is 1.77. The minimum Gasteiger partial charge on any atom is -0.313 e. The Balaban J connectivity index is 2.93. The number of rotatable bonds is 4. The number of nitrogens with zero attached hydrogens (tertiary/aromatic N) is 1. The van der Waals surface area contributed by atoms with Crippen molar-refractivity contribution < 1.29 is 4.79 Å². The molecule has 0 aliphatic carbocycles. The van der Waals surface area contributed by atoms with E-state index < -0.39 is 0 Å². The molecule has 0 saturated heterocycles. The molecule has 1 N–H and O–H groups in total. The van der Waals surface area contributed by atoms with Gasteiger partial charge in [0.1, 0.15) is 0 Å². The van der Waals surface area contributed by atoms with Gasteiger partial charge in [0.2, 0.25) is 6.08 Å². The highest BCUT2D eigenvalue weighted by molar-refractivity contribution is 5.52. The van der Waals surface area contributed by atoms with Crippen molar-refractivity contribution in [1.82, 2.24) is 0 Å². The quantitative estimate of drug-likeness (QED) is 0.325. The van der Waals surface area contributed by atoms with Crippen LogP contribution in [0.25, 0.3) is 0 Å². The molecule has 0 atom stereocenters. The topological polar surface area (TPSA) is 53.3 Å². The molecule has 0 saturated carbocycles. The molecule has 3 heteroatoms. The Labute approximate surface area is 47.9 Å².